The van der Waals surface area contributed by atoms with Crippen LogP contribution in [0.3, 0.4) is 0 Å². The highest BCUT2D eigenvalue weighted by Crippen LogP contribution is 2.33. The molecular weight excluding hydrogens is 327 g/mol. The number of aliphatic hydroxyl groups excluding tert-OH is 1. The lowest BCUT2D eigenvalue weighted by Gasteiger charge is -2.32. The van der Waals surface area contributed by atoms with Gasteiger partial charge in [0.1, 0.15) is 0 Å². The van der Waals surface area contributed by atoms with Gasteiger partial charge in [-0.3, -0.25) is 0 Å². The Bertz CT molecular complexity index is 489. The fourth-order valence-corrected chi connectivity index (χ4v) is 3.60. The van der Waals surface area contributed by atoms with Crippen molar-refractivity contribution < 1.29 is 18.3 Å². The number of anilines is 1. The van der Waals surface area contributed by atoms with Crippen LogP contribution in [0.5, 0.6) is 0 Å². The maximum absolute atomic E-state index is 12.2. The van der Waals surface area contributed by atoms with Crippen LogP contribution in [0.4, 0.5) is 18.3 Å². The third-order valence-corrected chi connectivity index (χ3v) is 5.24. The third kappa shape index (κ3) is 5.32. The van der Waals surface area contributed by atoms with E-state index in [0.717, 1.165) is 62.0 Å². The van der Waals surface area contributed by atoms with Crippen LogP contribution in [0.2, 0.25) is 0 Å². The summed E-state index contributed by atoms with van der Waals surface area (Å²) in [6, 6.07) is 0.564. The fraction of sp³-hybridized carbons (Fsp3) is 0.800. The lowest BCUT2D eigenvalue weighted by atomic mass is 10.0. The zero-order valence-electron chi connectivity index (χ0n) is 13.5. The second kappa shape index (κ2) is 7.81. The van der Waals surface area contributed by atoms with Crippen LogP contribution in [-0.4, -0.2) is 53.8 Å². The van der Waals surface area contributed by atoms with Crippen LogP contribution >= 0.6 is 11.3 Å². The summed E-state index contributed by atoms with van der Waals surface area (Å²) in [7, 11) is 2.11. The van der Waals surface area contributed by atoms with Gasteiger partial charge in [0.2, 0.25) is 0 Å². The van der Waals surface area contributed by atoms with E-state index in [0.29, 0.717) is 11.2 Å². The fourth-order valence-electron chi connectivity index (χ4n) is 2.71. The lowest BCUT2D eigenvalue weighted by molar-refractivity contribution is -0.140. The molecule has 1 N–H and O–H groups in total. The van der Waals surface area contributed by atoms with Gasteiger partial charge >= 0.3 is 6.18 Å². The molecule has 4 nitrogen and oxygen atoms in total. The summed E-state index contributed by atoms with van der Waals surface area (Å²) < 4.78 is 36.6. The molecule has 0 aliphatic carbocycles. The molecule has 2 aliphatic rings. The van der Waals surface area contributed by atoms with Crippen molar-refractivity contribution in [3.8, 4) is 0 Å². The van der Waals surface area contributed by atoms with Crippen LogP contribution in [-0.2, 0) is 6.18 Å². The molecule has 0 bridgehead atoms. The van der Waals surface area contributed by atoms with Gasteiger partial charge in [-0.05, 0) is 39.7 Å². The van der Waals surface area contributed by atoms with Gasteiger partial charge < -0.3 is 14.9 Å². The normalized spacial score (nSPS) is 26.1. The van der Waals surface area contributed by atoms with Crippen molar-refractivity contribution in [1.82, 2.24) is 9.88 Å². The molecule has 2 aliphatic heterocycles. The first-order valence-electron chi connectivity index (χ1n) is 7.93. The van der Waals surface area contributed by atoms with E-state index in [4.69, 9.17) is 0 Å². The minimum Gasteiger partial charge on any atom is -0.393 e. The molecule has 0 spiro atoms. The summed E-state index contributed by atoms with van der Waals surface area (Å²) >= 11 is 1.07. The van der Waals surface area contributed by atoms with E-state index in [1.54, 1.807) is 0 Å². The van der Waals surface area contributed by atoms with Gasteiger partial charge in [-0.1, -0.05) is 0 Å². The number of likely N-dealkylation sites (tertiary alicyclic amines) is 1. The summed E-state index contributed by atoms with van der Waals surface area (Å²) in [6.07, 6.45) is -0.385. The number of hydrogen-bond acceptors (Lipinski definition) is 5. The molecule has 0 radical (unpaired) electrons. The second-order valence-electron chi connectivity index (χ2n) is 6.22. The van der Waals surface area contributed by atoms with E-state index in [1.807, 2.05) is 4.90 Å². The lowest BCUT2D eigenvalue weighted by Crippen LogP contribution is -2.39. The molecule has 2 saturated heterocycles. The number of hydrogen-bond donors (Lipinski definition) is 1. The van der Waals surface area contributed by atoms with E-state index in [-0.39, 0.29) is 6.10 Å². The minimum absolute atomic E-state index is 0.0452. The maximum atomic E-state index is 12.2. The quantitative estimate of drug-likeness (QED) is 0.843. The summed E-state index contributed by atoms with van der Waals surface area (Å²) in [5.74, 6) is 0. The van der Waals surface area contributed by atoms with Crippen molar-refractivity contribution in [3.63, 3.8) is 0 Å². The summed E-state index contributed by atoms with van der Waals surface area (Å²) in [5, 5.41) is 10.7. The standard InChI is InChI=1S/C8H9F3N2S.C7H15NO/c9-8(10,11)6-5-14-7(12-6)13-3-1-2-4-13;1-6-5-7(9)3-4-8(6)2/h5H,1-4H2;6-7,9H,3-5H2,1-2H3. The van der Waals surface area contributed by atoms with E-state index < -0.39 is 11.9 Å². The number of thiazole rings is 1. The predicted octanol–water partition coefficient (Wildman–Crippen LogP) is 3.22. The highest BCUT2D eigenvalue weighted by atomic mass is 32.1. The monoisotopic (exact) mass is 351 g/mol. The van der Waals surface area contributed by atoms with E-state index >= 15 is 0 Å². The Labute approximate surface area is 138 Å². The number of nitrogens with zero attached hydrogens (tertiary/aromatic N) is 3. The molecule has 132 valence electrons. The highest BCUT2D eigenvalue weighted by Gasteiger charge is 2.34. The second-order valence-corrected chi connectivity index (χ2v) is 7.05. The van der Waals surface area contributed by atoms with Crippen LogP contribution < -0.4 is 4.90 Å². The number of halogens is 3. The average Bonchev–Trinajstić information content (AvgIpc) is 3.12. The molecule has 2 fully saturated rings. The van der Waals surface area contributed by atoms with Gasteiger partial charge in [0.15, 0.2) is 10.8 Å². The topological polar surface area (TPSA) is 39.6 Å². The number of rotatable bonds is 1. The van der Waals surface area contributed by atoms with Gasteiger partial charge in [0.05, 0.1) is 6.10 Å². The van der Waals surface area contributed by atoms with E-state index in [2.05, 4.69) is 23.9 Å². The molecule has 3 rings (SSSR count). The number of piperidine rings is 1. The highest BCUT2D eigenvalue weighted by molar-refractivity contribution is 7.13. The Balaban J connectivity index is 0.000000185. The molecule has 1 aromatic heterocycles. The maximum Gasteiger partial charge on any atom is 0.434 e. The van der Waals surface area contributed by atoms with Crippen LogP contribution in [0, 0.1) is 0 Å². The van der Waals surface area contributed by atoms with Gasteiger partial charge in [-0.25, -0.2) is 4.98 Å². The molecule has 2 unspecified atom stereocenters. The zero-order chi connectivity index (χ0) is 17.0. The molecule has 1 aromatic rings. The molecule has 2 atom stereocenters. The number of aliphatic hydroxyl groups is 1. The van der Waals surface area contributed by atoms with Crippen LogP contribution in [0.15, 0.2) is 5.38 Å². The van der Waals surface area contributed by atoms with Crippen molar-refractivity contribution in [2.45, 2.75) is 50.9 Å². The largest absolute Gasteiger partial charge is 0.434 e. The van der Waals surface area contributed by atoms with E-state index in [1.165, 1.54) is 0 Å². The first-order chi connectivity index (χ1) is 10.8. The van der Waals surface area contributed by atoms with Crippen molar-refractivity contribution in [2.24, 2.45) is 0 Å². The first kappa shape index (κ1) is 18.5. The Morgan fingerprint density at radius 1 is 1.26 bits per heavy atom. The van der Waals surface area contributed by atoms with Crippen molar-refractivity contribution in [3.05, 3.63) is 11.1 Å². The number of alkyl halides is 3. The Morgan fingerprint density at radius 2 is 1.91 bits per heavy atom. The minimum atomic E-state index is -4.31. The summed E-state index contributed by atoms with van der Waals surface area (Å²) in [5.41, 5.74) is -0.774. The molecule has 0 saturated carbocycles. The van der Waals surface area contributed by atoms with Gasteiger partial charge in [0.25, 0.3) is 0 Å². The van der Waals surface area contributed by atoms with E-state index in [9.17, 15) is 18.3 Å². The molecule has 3 heterocycles. The predicted molar refractivity (Wildman–Crippen MR) is 85.9 cm³/mol. The molecule has 0 aromatic carbocycles. The van der Waals surface area contributed by atoms with Crippen LogP contribution in [0.25, 0.3) is 0 Å². The first-order valence-corrected chi connectivity index (χ1v) is 8.81. The molecule has 0 amide bonds. The Kier molecular flexibility index (Phi) is 6.27. The zero-order valence-corrected chi connectivity index (χ0v) is 14.3. The van der Waals surface area contributed by atoms with Gasteiger partial charge in [-0.2, -0.15) is 13.2 Å². The Morgan fingerprint density at radius 3 is 2.39 bits per heavy atom. The van der Waals surface area contributed by atoms with Crippen molar-refractivity contribution in [1.29, 1.82) is 0 Å². The molecule has 8 heteroatoms. The SMILES string of the molecule is CC1CC(O)CCN1C.FC(F)(F)c1csc(N2CCCC2)n1. The molecule has 23 heavy (non-hydrogen) atoms. The van der Waals surface area contributed by atoms with Gasteiger partial charge in [0, 0.05) is 31.1 Å². The Hall–Kier alpha value is -0.860. The summed E-state index contributed by atoms with van der Waals surface area (Å²) in [6.45, 7) is 4.85. The average molecular weight is 351 g/mol. The van der Waals surface area contributed by atoms with Crippen LogP contribution in [0.1, 0.15) is 38.3 Å². The van der Waals surface area contributed by atoms with Crippen molar-refractivity contribution in [2.75, 3.05) is 31.6 Å². The van der Waals surface area contributed by atoms with Gasteiger partial charge in [-0.15, -0.1) is 11.3 Å². The smallest absolute Gasteiger partial charge is 0.393 e. The summed E-state index contributed by atoms with van der Waals surface area (Å²) in [4.78, 5) is 7.77. The molecular formula is C15H24F3N3OS. The number of aromatic nitrogens is 1. The van der Waals surface area contributed by atoms with Crippen molar-refractivity contribution >= 4 is 16.5 Å². The third-order valence-electron chi connectivity index (χ3n) is 4.34.